The molecule has 0 saturated carbocycles. The average Bonchev–Trinajstić information content (AvgIpc) is 3.58. The number of sulfone groups is 1. The van der Waals surface area contributed by atoms with Gasteiger partial charge in [0.25, 0.3) is 0 Å². The molecule has 5 rings (SSSR count). The van der Waals surface area contributed by atoms with Crippen molar-refractivity contribution in [1.82, 2.24) is 15.0 Å². The van der Waals surface area contributed by atoms with Crippen LogP contribution in [0.25, 0.3) is 11.3 Å². The highest BCUT2D eigenvalue weighted by Crippen LogP contribution is 2.35. The molecular formula is C25H18F2N4O4S2. The molecule has 8 nitrogen and oxygen atoms in total. The fourth-order valence-corrected chi connectivity index (χ4v) is 6.81. The number of carbonyl (C=O) groups is 1. The largest absolute Gasteiger partial charge is 0.465 e. The molecule has 12 heteroatoms. The van der Waals surface area contributed by atoms with Crippen LogP contribution in [0.3, 0.4) is 0 Å². The van der Waals surface area contributed by atoms with Crippen molar-refractivity contribution in [2.45, 2.75) is 23.5 Å². The van der Waals surface area contributed by atoms with Crippen LogP contribution in [0.1, 0.15) is 32.2 Å². The molecule has 0 atom stereocenters. The second kappa shape index (κ2) is 9.87. The Morgan fingerprint density at radius 2 is 1.97 bits per heavy atom. The molecule has 0 spiro atoms. The molecule has 0 amide bonds. The summed E-state index contributed by atoms with van der Waals surface area (Å²) in [5, 5.41) is 1.43. The Bertz CT molecular complexity index is 1670. The highest BCUT2D eigenvalue weighted by molar-refractivity contribution is 7.90. The number of halogens is 2. The standard InChI is InChI=1S/C25H18F2N4O4S2/c1-35-25(32)24-20(7-10-36-24)37(33,34)12-14-4-5-17(26)16(21(14)27)11-19-15(3-2-8-28-19)22-23-18(6-9-29-23)30-13-31-22/h2-5,7-10,13H,6,11-12H2,1H3. The topological polar surface area (TPSA) is 111 Å². The number of thiophene rings is 1. The number of ether oxygens (including phenoxy) is 1. The molecule has 1 aliphatic heterocycles. The number of aromatic nitrogens is 3. The highest BCUT2D eigenvalue weighted by atomic mass is 32.2. The minimum Gasteiger partial charge on any atom is -0.465 e. The van der Waals surface area contributed by atoms with Gasteiger partial charge >= 0.3 is 5.97 Å². The number of hydrogen-bond acceptors (Lipinski definition) is 9. The van der Waals surface area contributed by atoms with Crippen LogP contribution in [0.15, 0.2) is 58.1 Å². The molecule has 0 aliphatic carbocycles. The van der Waals surface area contributed by atoms with E-state index < -0.39 is 33.2 Å². The second-order valence-corrected chi connectivity index (χ2v) is 10.9. The summed E-state index contributed by atoms with van der Waals surface area (Å²) < 4.78 is 61.2. The lowest BCUT2D eigenvalue weighted by Crippen LogP contribution is -2.12. The summed E-state index contributed by atoms with van der Waals surface area (Å²) in [5.41, 5.74) is 2.13. The number of rotatable bonds is 7. The first-order chi connectivity index (χ1) is 17.8. The number of hydrogen-bond donors (Lipinski definition) is 0. The number of aliphatic imine (C=N–C) groups is 1. The lowest BCUT2D eigenvalue weighted by Gasteiger charge is -2.13. The van der Waals surface area contributed by atoms with Crippen molar-refractivity contribution in [3.8, 4) is 11.3 Å². The van der Waals surface area contributed by atoms with Crippen molar-refractivity contribution in [2.75, 3.05) is 7.11 Å². The first kappa shape index (κ1) is 24.8. The SMILES string of the molecule is COC(=O)c1sccc1S(=O)(=O)Cc1ccc(F)c(Cc2ncccc2-c2ncnc3c2N=CC3)c1F. The minimum atomic E-state index is -4.14. The Morgan fingerprint density at radius 3 is 2.78 bits per heavy atom. The summed E-state index contributed by atoms with van der Waals surface area (Å²) in [4.78, 5) is 28.8. The van der Waals surface area contributed by atoms with Gasteiger partial charge in [-0.3, -0.25) is 9.98 Å². The van der Waals surface area contributed by atoms with Crippen LogP contribution in [0.2, 0.25) is 0 Å². The third-order valence-electron chi connectivity index (χ3n) is 5.84. The van der Waals surface area contributed by atoms with Crippen LogP contribution >= 0.6 is 11.3 Å². The van der Waals surface area contributed by atoms with Crippen molar-refractivity contribution in [3.05, 3.63) is 87.3 Å². The van der Waals surface area contributed by atoms with Crippen LogP contribution in [-0.2, 0) is 33.2 Å². The van der Waals surface area contributed by atoms with Crippen LogP contribution in [0.4, 0.5) is 14.5 Å². The first-order valence-corrected chi connectivity index (χ1v) is 13.5. The summed E-state index contributed by atoms with van der Waals surface area (Å²) in [6, 6.07) is 6.78. The monoisotopic (exact) mass is 540 g/mol. The molecule has 0 fully saturated rings. The molecule has 1 aromatic carbocycles. The Balaban J connectivity index is 1.51. The quantitative estimate of drug-likeness (QED) is 0.318. The zero-order valence-corrected chi connectivity index (χ0v) is 20.9. The second-order valence-electron chi connectivity index (χ2n) is 8.07. The third-order valence-corrected chi connectivity index (χ3v) is 8.56. The van der Waals surface area contributed by atoms with E-state index in [1.54, 1.807) is 18.3 Å². The van der Waals surface area contributed by atoms with Gasteiger partial charge in [-0.2, -0.15) is 0 Å². The van der Waals surface area contributed by atoms with Gasteiger partial charge in [-0.1, -0.05) is 6.07 Å². The third kappa shape index (κ3) is 4.65. The van der Waals surface area contributed by atoms with E-state index in [0.29, 0.717) is 29.1 Å². The number of fused-ring (bicyclic) bond motifs is 1. The number of pyridine rings is 1. The molecule has 1 aliphatic rings. The highest BCUT2D eigenvalue weighted by Gasteiger charge is 2.28. The maximum Gasteiger partial charge on any atom is 0.349 e. The van der Waals surface area contributed by atoms with Gasteiger partial charge < -0.3 is 4.74 Å². The van der Waals surface area contributed by atoms with Gasteiger partial charge in [0, 0.05) is 41.9 Å². The predicted molar refractivity (Wildman–Crippen MR) is 133 cm³/mol. The van der Waals surface area contributed by atoms with E-state index in [1.807, 2.05) is 0 Å². The number of esters is 1. The molecule has 188 valence electrons. The molecule has 4 heterocycles. The maximum absolute atomic E-state index is 15.6. The lowest BCUT2D eigenvalue weighted by atomic mass is 9.99. The van der Waals surface area contributed by atoms with Crippen LogP contribution in [0.5, 0.6) is 0 Å². The number of methoxy groups -OCH3 is 1. The maximum atomic E-state index is 15.6. The first-order valence-electron chi connectivity index (χ1n) is 10.9. The van der Waals surface area contributed by atoms with Gasteiger partial charge in [0.15, 0.2) is 9.84 Å². The molecule has 3 aromatic heterocycles. The van der Waals surface area contributed by atoms with E-state index in [2.05, 4.69) is 24.7 Å². The minimum absolute atomic E-state index is 0.108. The van der Waals surface area contributed by atoms with E-state index in [4.69, 9.17) is 0 Å². The Hall–Kier alpha value is -3.90. The van der Waals surface area contributed by atoms with Crippen LogP contribution in [0, 0.1) is 11.6 Å². The molecule has 0 N–H and O–H groups in total. The smallest absolute Gasteiger partial charge is 0.349 e. The lowest BCUT2D eigenvalue weighted by molar-refractivity contribution is 0.0602. The summed E-state index contributed by atoms with van der Waals surface area (Å²) in [6.45, 7) is 0. The van der Waals surface area contributed by atoms with Crippen molar-refractivity contribution >= 4 is 39.0 Å². The molecule has 4 aromatic rings. The number of benzene rings is 1. The summed E-state index contributed by atoms with van der Waals surface area (Å²) in [5.74, 6) is -3.42. The molecule has 0 saturated heterocycles. The zero-order chi connectivity index (χ0) is 26.2. The van der Waals surface area contributed by atoms with Crippen molar-refractivity contribution in [1.29, 1.82) is 0 Å². The Kier molecular flexibility index (Phi) is 6.61. The molecule has 0 bridgehead atoms. The van der Waals surface area contributed by atoms with Gasteiger partial charge in [-0.15, -0.1) is 11.3 Å². The van der Waals surface area contributed by atoms with E-state index in [1.165, 1.54) is 24.0 Å². The molecular weight excluding hydrogens is 522 g/mol. The van der Waals surface area contributed by atoms with Gasteiger partial charge in [0.05, 0.1) is 29.1 Å². The Morgan fingerprint density at radius 1 is 1.14 bits per heavy atom. The van der Waals surface area contributed by atoms with E-state index in [9.17, 15) is 17.6 Å². The fraction of sp³-hybridized carbons (Fsp3) is 0.160. The zero-order valence-electron chi connectivity index (χ0n) is 19.3. The van der Waals surface area contributed by atoms with Gasteiger partial charge in [-0.25, -0.2) is 32.0 Å². The van der Waals surface area contributed by atoms with Crippen LogP contribution < -0.4 is 0 Å². The van der Waals surface area contributed by atoms with Crippen molar-refractivity contribution < 1.29 is 26.7 Å². The number of carbonyl (C=O) groups excluding carboxylic acids is 1. The molecule has 0 radical (unpaired) electrons. The number of nitrogens with zero attached hydrogens (tertiary/aromatic N) is 4. The summed E-state index contributed by atoms with van der Waals surface area (Å²) in [7, 11) is -3.00. The van der Waals surface area contributed by atoms with Crippen molar-refractivity contribution in [3.63, 3.8) is 0 Å². The van der Waals surface area contributed by atoms with Gasteiger partial charge in [0.1, 0.15) is 34.2 Å². The Labute approximate surface area is 214 Å². The summed E-state index contributed by atoms with van der Waals surface area (Å²) >= 11 is 0.903. The van der Waals surface area contributed by atoms with Crippen molar-refractivity contribution in [2.24, 2.45) is 4.99 Å². The molecule has 0 unspecified atom stereocenters. The van der Waals surface area contributed by atoms with Gasteiger partial charge in [-0.05, 0) is 29.6 Å². The average molecular weight is 541 g/mol. The fourth-order valence-electron chi connectivity index (χ4n) is 4.07. The van der Waals surface area contributed by atoms with E-state index >= 15 is 4.39 Å². The van der Waals surface area contributed by atoms with Gasteiger partial charge in [0.2, 0.25) is 0 Å². The molecule has 37 heavy (non-hydrogen) atoms. The summed E-state index contributed by atoms with van der Waals surface area (Å²) in [6.07, 6.45) is 4.91. The van der Waals surface area contributed by atoms with E-state index in [0.717, 1.165) is 36.3 Å². The predicted octanol–water partition coefficient (Wildman–Crippen LogP) is 4.49. The normalized spacial score (nSPS) is 12.5. The van der Waals surface area contributed by atoms with Crippen LogP contribution in [-0.4, -0.2) is 42.7 Å². The van der Waals surface area contributed by atoms with E-state index in [-0.39, 0.29) is 27.3 Å².